The number of hydrogen-bond acceptors (Lipinski definition) is 3. The van der Waals surface area contributed by atoms with Gasteiger partial charge in [0.15, 0.2) is 0 Å². The highest BCUT2D eigenvalue weighted by Gasteiger charge is 2.27. The molecule has 0 radical (unpaired) electrons. The number of para-hydroxylation sites is 1. The molecule has 5 heteroatoms. The summed E-state index contributed by atoms with van der Waals surface area (Å²) in [6.45, 7) is 5.52. The molecule has 1 fully saturated rings. The van der Waals surface area contributed by atoms with Crippen LogP contribution >= 0.6 is 0 Å². The van der Waals surface area contributed by atoms with Crippen LogP contribution in [0.3, 0.4) is 0 Å². The van der Waals surface area contributed by atoms with E-state index in [0.29, 0.717) is 18.8 Å². The summed E-state index contributed by atoms with van der Waals surface area (Å²) in [5.74, 6) is -0.0573. The van der Waals surface area contributed by atoms with Crippen LogP contribution in [-0.2, 0) is 4.79 Å². The van der Waals surface area contributed by atoms with E-state index in [9.17, 15) is 9.18 Å². The number of benzene rings is 1. The number of likely N-dealkylation sites (tertiary alicyclic amines) is 1. The molecule has 1 N–H and O–H groups in total. The normalized spacial score (nSPS) is 18.4. The second-order valence-electron chi connectivity index (χ2n) is 6.57. The van der Waals surface area contributed by atoms with E-state index in [1.54, 1.807) is 12.1 Å². The van der Waals surface area contributed by atoms with Crippen molar-refractivity contribution < 1.29 is 9.18 Å². The second-order valence-corrected chi connectivity index (χ2v) is 6.57. The molecule has 1 atom stereocenters. The van der Waals surface area contributed by atoms with Crippen molar-refractivity contribution >= 4 is 11.6 Å². The molecule has 1 unspecified atom stereocenters. The molecule has 134 valence electrons. The Balaban J connectivity index is 1.73. The summed E-state index contributed by atoms with van der Waals surface area (Å²) in [6, 6.07) is 6.81. The maximum absolute atomic E-state index is 13.7. The van der Waals surface area contributed by atoms with Crippen molar-refractivity contribution in [1.29, 1.82) is 0 Å². The van der Waals surface area contributed by atoms with Gasteiger partial charge in [0.2, 0.25) is 5.91 Å². The van der Waals surface area contributed by atoms with Crippen LogP contribution in [0, 0.1) is 5.82 Å². The Labute approximate surface area is 145 Å². The Bertz CT molecular complexity index is 521. The molecular weight excluding hydrogens is 305 g/mol. The largest absolute Gasteiger partial charge is 0.372 e. The molecule has 1 aliphatic heterocycles. The molecule has 4 nitrogen and oxygen atoms in total. The van der Waals surface area contributed by atoms with Crippen LogP contribution in [0.15, 0.2) is 24.3 Å². The predicted molar refractivity (Wildman–Crippen MR) is 96.8 cm³/mol. The van der Waals surface area contributed by atoms with Gasteiger partial charge in [-0.05, 0) is 50.9 Å². The predicted octanol–water partition coefficient (Wildman–Crippen LogP) is 3.03. The van der Waals surface area contributed by atoms with Crippen LogP contribution in [-0.4, -0.2) is 50.1 Å². The molecule has 1 heterocycles. The Morgan fingerprint density at radius 3 is 2.92 bits per heavy atom. The number of hydrogen-bond donors (Lipinski definition) is 1. The van der Waals surface area contributed by atoms with Crippen molar-refractivity contribution in [3.05, 3.63) is 30.1 Å². The third kappa shape index (κ3) is 5.20. The molecule has 0 saturated carbocycles. The molecule has 1 amide bonds. The van der Waals surface area contributed by atoms with Gasteiger partial charge in [-0.1, -0.05) is 25.5 Å². The van der Waals surface area contributed by atoms with Gasteiger partial charge in [-0.25, -0.2) is 4.39 Å². The highest BCUT2D eigenvalue weighted by atomic mass is 19.1. The quantitative estimate of drug-likeness (QED) is 0.742. The van der Waals surface area contributed by atoms with Gasteiger partial charge in [0.25, 0.3) is 0 Å². The Kier molecular flexibility index (Phi) is 7.50. The summed E-state index contributed by atoms with van der Waals surface area (Å²) in [5, 5.41) is 3.06. The Morgan fingerprint density at radius 2 is 2.17 bits per heavy atom. The lowest BCUT2D eigenvalue weighted by Gasteiger charge is -2.34. The first-order valence-corrected chi connectivity index (χ1v) is 9.11. The first kappa shape index (κ1) is 18.7. The van der Waals surface area contributed by atoms with Gasteiger partial charge in [-0.15, -0.1) is 0 Å². The lowest BCUT2D eigenvalue weighted by atomic mass is 10.0. The van der Waals surface area contributed by atoms with E-state index in [4.69, 9.17) is 0 Å². The summed E-state index contributed by atoms with van der Waals surface area (Å²) in [6.07, 6.45) is 5.17. The first-order valence-electron chi connectivity index (χ1n) is 9.11. The lowest BCUT2D eigenvalue weighted by Crippen LogP contribution is -2.50. The molecule has 1 saturated heterocycles. The fourth-order valence-electron chi connectivity index (χ4n) is 3.37. The van der Waals surface area contributed by atoms with Gasteiger partial charge in [0.1, 0.15) is 5.82 Å². The summed E-state index contributed by atoms with van der Waals surface area (Å²) < 4.78 is 13.7. The minimum absolute atomic E-state index is 0.0306. The third-order valence-corrected chi connectivity index (χ3v) is 4.66. The zero-order valence-electron chi connectivity index (χ0n) is 14.9. The fourth-order valence-corrected chi connectivity index (χ4v) is 3.37. The monoisotopic (exact) mass is 335 g/mol. The molecule has 1 aliphatic rings. The van der Waals surface area contributed by atoms with Crippen molar-refractivity contribution in [3.63, 3.8) is 0 Å². The molecule has 0 spiro atoms. The average Bonchev–Trinajstić information content (AvgIpc) is 2.59. The van der Waals surface area contributed by atoms with E-state index < -0.39 is 0 Å². The second kappa shape index (κ2) is 9.62. The maximum Gasteiger partial charge on any atom is 0.237 e. The molecule has 2 rings (SSSR count). The highest BCUT2D eigenvalue weighted by molar-refractivity contribution is 5.81. The highest BCUT2D eigenvalue weighted by Crippen LogP contribution is 2.18. The van der Waals surface area contributed by atoms with Gasteiger partial charge in [-0.2, -0.15) is 0 Å². The number of carbonyl (C=O) groups is 1. The van der Waals surface area contributed by atoms with Gasteiger partial charge in [0, 0.05) is 20.1 Å². The number of amides is 1. The summed E-state index contributed by atoms with van der Waals surface area (Å²) in [4.78, 5) is 16.6. The molecule has 0 bridgehead atoms. The SMILES string of the molecule is CCCN1CCCCC1C(=O)NCCCN(C)c1ccccc1F. The minimum Gasteiger partial charge on any atom is -0.372 e. The van der Waals surface area contributed by atoms with Crippen LogP contribution < -0.4 is 10.2 Å². The first-order chi connectivity index (χ1) is 11.6. The van der Waals surface area contributed by atoms with E-state index in [0.717, 1.165) is 38.8 Å². The van der Waals surface area contributed by atoms with Crippen molar-refractivity contribution in [2.24, 2.45) is 0 Å². The van der Waals surface area contributed by atoms with E-state index in [2.05, 4.69) is 17.1 Å². The van der Waals surface area contributed by atoms with Gasteiger partial charge in [0.05, 0.1) is 11.7 Å². The zero-order valence-corrected chi connectivity index (χ0v) is 14.9. The van der Waals surface area contributed by atoms with E-state index >= 15 is 0 Å². The number of halogens is 1. The molecule has 1 aromatic rings. The summed E-state index contributed by atoms with van der Waals surface area (Å²) in [7, 11) is 1.88. The smallest absolute Gasteiger partial charge is 0.237 e. The number of nitrogens with one attached hydrogen (secondary N) is 1. The Hall–Kier alpha value is -1.62. The number of carbonyl (C=O) groups excluding carboxylic acids is 1. The number of nitrogens with zero attached hydrogens (tertiary/aromatic N) is 2. The number of piperidine rings is 1. The van der Waals surface area contributed by atoms with Crippen molar-refractivity contribution in [2.45, 2.75) is 45.1 Å². The average molecular weight is 335 g/mol. The van der Waals surface area contributed by atoms with Crippen molar-refractivity contribution in [2.75, 3.05) is 38.1 Å². The summed E-state index contributed by atoms with van der Waals surface area (Å²) in [5.41, 5.74) is 0.602. The standard InChI is InChI=1S/C19H30FN3O/c1-3-13-23-15-7-6-11-18(23)19(24)21-12-8-14-22(2)17-10-5-4-9-16(17)20/h4-5,9-10,18H,3,6-8,11-15H2,1-2H3,(H,21,24). The molecule has 0 aliphatic carbocycles. The van der Waals surface area contributed by atoms with Crippen molar-refractivity contribution in [3.8, 4) is 0 Å². The van der Waals surface area contributed by atoms with Crippen LogP contribution in [0.4, 0.5) is 10.1 Å². The Morgan fingerprint density at radius 1 is 1.38 bits per heavy atom. The molecule has 1 aromatic carbocycles. The van der Waals surface area contributed by atoms with E-state index in [1.807, 2.05) is 18.0 Å². The number of rotatable bonds is 8. The molecule has 0 aromatic heterocycles. The van der Waals surface area contributed by atoms with Gasteiger partial charge < -0.3 is 10.2 Å². The fraction of sp³-hybridized carbons (Fsp3) is 0.632. The molecular formula is C19H30FN3O. The van der Waals surface area contributed by atoms with Crippen LogP contribution in [0.5, 0.6) is 0 Å². The summed E-state index contributed by atoms with van der Waals surface area (Å²) >= 11 is 0. The van der Waals surface area contributed by atoms with Crippen LogP contribution in [0.2, 0.25) is 0 Å². The zero-order chi connectivity index (χ0) is 17.4. The van der Waals surface area contributed by atoms with E-state index in [1.165, 1.54) is 12.5 Å². The third-order valence-electron chi connectivity index (χ3n) is 4.66. The maximum atomic E-state index is 13.7. The minimum atomic E-state index is -0.207. The van der Waals surface area contributed by atoms with Crippen molar-refractivity contribution in [1.82, 2.24) is 10.2 Å². The van der Waals surface area contributed by atoms with Crippen LogP contribution in [0.25, 0.3) is 0 Å². The molecule has 24 heavy (non-hydrogen) atoms. The number of anilines is 1. The van der Waals surface area contributed by atoms with Gasteiger partial charge >= 0.3 is 0 Å². The van der Waals surface area contributed by atoms with E-state index in [-0.39, 0.29) is 17.8 Å². The topological polar surface area (TPSA) is 35.6 Å². The van der Waals surface area contributed by atoms with Gasteiger partial charge in [-0.3, -0.25) is 9.69 Å². The lowest BCUT2D eigenvalue weighted by molar-refractivity contribution is -0.127. The van der Waals surface area contributed by atoms with Crippen LogP contribution in [0.1, 0.15) is 39.0 Å².